The minimum Gasteiger partial charge on any atom is -0.371 e. The van der Waals surface area contributed by atoms with Gasteiger partial charge in [-0.15, -0.1) is 0 Å². The molecule has 0 aliphatic heterocycles. The van der Waals surface area contributed by atoms with Gasteiger partial charge in [-0.3, -0.25) is 4.79 Å². The van der Waals surface area contributed by atoms with Gasteiger partial charge in [-0.1, -0.05) is 6.92 Å². The lowest BCUT2D eigenvalue weighted by Crippen LogP contribution is -2.23. The van der Waals surface area contributed by atoms with Crippen LogP contribution in [0.2, 0.25) is 0 Å². The first-order chi connectivity index (χ1) is 8.22. The Balaban J connectivity index is 2.78. The molecule has 0 N–H and O–H groups in total. The van der Waals surface area contributed by atoms with E-state index in [2.05, 4.69) is 17.9 Å². The second kappa shape index (κ2) is 6.70. The highest BCUT2D eigenvalue weighted by molar-refractivity contribution is 5.96. The number of benzene rings is 1. The van der Waals surface area contributed by atoms with E-state index >= 15 is 0 Å². The number of nitriles is 1. The van der Waals surface area contributed by atoms with E-state index in [1.807, 2.05) is 31.2 Å². The molecule has 0 spiro atoms. The summed E-state index contributed by atoms with van der Waals surface area (Å²) in [5, 5.41) is 8.59. The van der Waals surface area contributed by atoms with Gasteiger partial charge in [0.2, 0.25) is 0 Å². The van der Waals surface area contributed by atoms with Crippen LogP contribution in [0.4, 0.5) is 5.69 Å². The fraction of sp³-hybridized carbons (Fsp3) is 0.429. The van der Waals surface area contributed by atoms with E-state index in [0.29, 0.717) is 12.8 Å². The highest BCUT2D eigenvalue weighted by Crippen LogP contribution is 2.16. The first kappa shape index (κ1) is 13.2. The molecule has 0 saturated heterocycles. The molecule has 3 nitrogen and oxygen atoms in total. The van der Waals surface area contributed by atoms with E-state index in [4.69, 9.17) is 5.26 Å². The number of hydrogen-bond donors (Lipinski definition) is 0. The molecule has 0 fully saturated rings. The van der Waals surface area contributed by atoms with Crippen LogP contribution in [0.1, 0.15) is 37.0 Å². The van der Waals surface area contributed by atoms with Gasteiger partial charge < -0.3 is 4.90 Å². The molecule has 1 aromatic rings. The maximum absolute atomic E-state index is 11.5. The molecule has 3 heteroatoms. The summed E-state index contributed by atoms with van der Waals surface area (Å²) >= 11 is 0. The van der Waals surface area contributed by atoms with E-state index < -0.39 is 0 Å². The van der Waals surface area contributed by atoms with Gasteiger partial charge >= 0.3 is 0 Å². The number of carbonyl (C=O) groups excluding carboxylic acids is 1. The fourth-order valence-electron chi connectivity index (χ4n) is 1.72. The van der Waals surface area contributed by atoms with Crippen molar-refractivity contribution in [2.75, 3.05) is 18.0 Å². The van der Waals surface area contributed by atoms with Crippen LogP contribution in [-0.4, -0.2) is 18.9 Å². The summed E-state index contributed by atoms with van der Waals surface area (Å²) in [7, 11) is 0. The highest BCUT2D eigenvalue weighted by atomic mass is 16.1. The number of ketones is 1. The largest absolute Gasteiger partial charge is 0.371 e. The molecule has 0 unspecified atom stereocenters. The van der Waals surface area contributed by atoms with Crippen LogP contribution in [0.5, 0.6) is 0 Å². The number of nitrogens with zero attached hydrogens (tertiary/aromatic N) is 2. The van der Waals surface area contributed by atoms with Crippen molar-refractivity contribution in [2.24, 2.45) is 0 Å². The van der Waals surface area contributed by atoms with Gasteiger partial charge in [-0.25, -0.2) is 0 Å². The number of Topliss-reactive ketones (excluding diaryl/α,β-unsaturated/α-hetero) is 1. The molecular formula is C14H18N2O. The molecule has 0 saturated carbocycles. The molecule has 0 atom stereocenters. The summed E-state index contributed by atoms with van der Waals surface area (Å²) in [4.78, 5) is 13.6. The molecule has 1 aromatic carbocycles. The SMILES string of the molecule is CCC(=O)c1ccc(N(CC)CCC#N)cc1. The van der Waals surface area contributed by atoms with Gasteiger partial charge in [-0.05, 0) is 31.2 Å². The van der Waals surface area contributed by atoms with Crippen molar-refractivity contribution in [1.29, 1.82) is 5.26 Å². The zero-order valence-corrected chi connectivity index (χ0v) is 10.4. The molecule has 0 aliphatic rings. The van der Waals surface area contributed by atoms with Crippen LogP contribution in [0.3, 0.4) is 0 Å². The number of carbonyl (C=O) groups is 1. The van der Waals surface area contributed by atoms with Crippen molar-refractivity contribution in [3.05, 3.63) is 29.8 Å². The van der Waals surface area contributed by atoms with Crippen molar-refractivity contribution >= 4 is 11.5 Å². The van der Waals surface area contributed by atoms with Crippen molar-refractivity contribution in [1.82, 2.24) is 0 Å². The van der Waals surface area contributed by atoms with E-state index in [9.17, 15) is 4.79 Å². The summed E-state index contributed by atoms with van der Waals surface area (Å²) in [5.74, 6) is 0.164. The summed E-state index contributed by atoms with van der Waals surface area (Å²) in [6.45, 7) is 5.51. The molecule has 0 aliphatic carbocycles. The summed E-state index contributed by atoms with van der Waals surface area (Å²) < 4.78 is 0. The van der Waals surface area contributed by atoms with Crippen molar-refractivity contribution < 1.29 is 4.79 Å². The first-order valence-corrected chi connectivity index (χ1v) is 5.98. The lowest BCUT2D eigenvalue weighted by molar-refractivity contribution is 0.0988. The lowest BCUT2D eigenvalue weighted by atomic mass is 10.1. The average molecular weight is 230 g/mol. The molecule has 1 rings (SSSR count). The van der Waals surface area contributed by atoms with Crippen molar-refractivity contribution in [3.63, 3.8) is 0 Å². The highest BCUT2D eigenvalue weighted by Gasteiger charge is 2.06. The molecule has 0 bridgehead atoms. The van der Waals surface area contributed by atoms with Crippen molar-refractivity contribution in [3.8, 4) is 6.07 Å². The zero-order chi connectivity index (χ0) is 12.7. The average Bonchev–Trinajstić information content (AvgIpc) is 2.39. The Bertz CT molecular complexity index is 403. The van der Waals surface area contributed by atoms with Crippen LogP contribution in [0, 0.1) is 11.3 Å². The van der Waals surface area contributed by atoms with Gasteiger partial charge in [0.25, 0.3) is 0 Å². The lowest BCUT2D eigenvalue weighted by Gasteiger charge is -2.21. The molecule has 17 heavy (non-hydrogen) atoms. The predicted octanol–water partition coefficient (Wildman–Crippen LogP) is 3.02. The molecular weight excluding hydrogens is 212 g/mol. The van der Waals surface area contributed by atoms with Crippen LogP contribution < -0.4 is 4.90 Å². The third-order valence-corrected chi connectivity index (χ3v) is 2.75. The standard InChI is InChI=1S/C14H18N2O/c1-3-14(17)12-6-8-13(9-7-12)16(4-2)11-5-10-15/h6-9H,3-5,11H2,1-2H3. The Labute approximate surface area is 103 Å². The van der Waals surface area contributed by atoms with Gasteiger partial charge in [0.1, 0.15) is 0 Å². The van der Waals surface area contributed by atoms with Gasteiger partial charge in [-0.2, -0.15) is 5.26 Å². The second-order valence-corrected chi connectivity index (χ2v) is 3.81. The Morgan fingerprint density at radius 3 is 2.41 bits per heavy atom. The Morgan fingerprint density at radius 2 is 1.94 bits per heavy atom. The monoisotopic (exact) mass is 230 g/mol. The van der Waals surface area contributed by atoms with Crippen molar-refractivity contribution in [2.45, 2.75) is 26.7 Å². The molecule has 0 heterocycles. The topological polar surface area (TPSA) is 44.1 Å². The molecule has 0 radical (unpaired) electrons. The second-order valence-electron chi connectivity index (χ2n) is 3.81. The van der Waals surface area contributed by atoms with E-state index in [1.54, 1.807) is 0 Å². The number of hydrogen-bond acceptors (Lipinski definition) is 3. The maximum atomic E-state index is 11.5. The quantitative estimate of drug-likeness (QED) is 0.705. The number of rotatable bonds is 6. The molecule has 0 aromatic heterocycles. The van der Waals surface area contributed by atoms with E-state index in [1.165, 1.54) is 0 Å². The number of anilines is 1. The smallest absolute Gasteiger partial charge is 0.162 e. The van der Waals surface area contributed by atoms with E-state index in [0.717, 1.165) is 24.3 Å². The van der Waals surface area contributed by atoms with Crippen LogP contribution in [0.15, 0.2) is 24.3 Å². The molecule has 90 valence electrons. The minimum absolute atomic E-state index is 0.164. The first-order valence-electron chi connectivity index (χ1n) is 5.98. The summed E-state index contributed by atoms with van der Waals surface area (Å²) in [5.41, 5.74) is 1.82. The summed E-state index contributed by atoms with van der Waals surface area (Å²) in [6.07, 6.45) is 1.05. The summed E-state index contributed by atoms with van der Waals surface area (Å²) in [6, 6.07) is 9.76. The Kier molecular flexibility index (Phi) is 5.22. The van der Waals surface area contributed by atoms with E-state index in [-0.39, 0.29) is 5.78 Å². The normalized spacial score (nSPS) is 9.71. The Hall–Kier alpha value is -1.82. The zero-order valence-electron chi connectivity index (χ0n) is 10.4. The Morgan fingerprint density at radius 1 is 1.29 bits per heavy atom. The van der Waals surface area contributed by atoms with Gasteiger partial charge in [0.05, 0.1) is 12.5 Å². The third-order valence-electron chi connectivity index (χ3n) is 2.75. The molecule has 0 amide bonds. The van der Waals surface area contributed by atoms with Crippen LogP contribution >= 0.6 is 0 Å². The third kappa shape index (κ3) is 3.60. The maximum Gasteiger partial charge on any atom is 0.162 e. The fourth-order valence-corrected chi connectivity index (χ4v) is 1.72. The predicted molar refractivity (Wildman–Crippen MR) is 69.2 cm³/mol. The van der Waals surface area contributed by atoms with Gasteiger partial charge in [0.15, 0.2) is 5.78 Å². The minimum atomic E-state index is 0.164. The van der Waals surface area contributed by atoms with Gasteiger partial charge in [0, 0.05) is 30.8 Å². The van der Waals surface area contributed by atoms with Crippen LogP contribution in [-0.2, 0) is 0 Å². The van der Waals surface area contributed by atoms with Crippen LogP contribution in [0.25, 0.3) is 0 Å².